The molecule has 1 saturated heterocycles. The van der Waals surface area contributed by atoms with Gasteiger partial charge in [0.2, 0.25) is 5.91 Å². The Hall–Kier alpha value is -0.910. The monoisotopic (exact) mass is 368 g/mol. The van der Waals surface area contributed by atoms with Crippen LogP contribution in [0.1, 0.15) is 25.3 Å². The third-order valence-corrected chi connectivity index (χ3v) is 4.99. The second kappa shape index (κ2) is 8.09. The van der Waals surface area contributed by atoms with Gasteiger partial charge in [-0.15, -0.1) is 0 Å². The van der Waals surface area contributed by atoms with Gasteiger partial charge in [-0.1, -0.05) is 35.0 Å². The quantitative estimate of drug-likeness (QED) is 0.810. The summed E-state index contributed by atoms with van der Waals surface area (Å²) >= 11 is 3.48. The maximum atomic E-state index is 12.2. The van der Waals surface area contributed by atoms with Gasteiger partial charge in [-0.25, -0.2) is 0 Å². The first-order chi connectivity index (χ1) is 10.6. The van der Waals surface area contributed by atoms with E-state index in [9.17, 15) is 4.79 Å². The van der Waals surface area contributed by atoms with Gasteiger partial charge in [0.15, 0.2) is 0 Å². The first-order valence-electron chi connectivity index (χ1n) is 7.83. The lowest BCUT2D eigenvalue weighted by atomic mass is 9.74. The van der Waals surface area contributed by atoms with Gasteiger partial charge < -0.3 is 15.4 Å². The van der Waals surface area contributed by atoms with Crippen molar-refractivity contribution in [3.05, 3.63) is 34.3 Å². The highest BCUT2D eigenvalue weighted by Gasteiger charge is 2.35. The van der Waals surface area contributed by atoms with Crippen molar-refractivity contribution >= 4 is 21.8 Å². The molecule has 4 nitrogen and oxygen atoms in total. The van der Waals surface area contributed by atoms with Crippen LogP contribution in [-0.2, 0) is 14.9 Å². The van der Waals surface area contributed by atoms with Gasteiger partial charge in [-0.05, 0) is 37.6 Å². The molecular weight excluding hydrogens is 344 g/mol. The lowest BCUT2D eigenvalue weighted by Crippen LogP contribution is -2.46. The smallest absolute Gasteiger partial charge is 0.224 e. The summed E-state index contributed by atoms with van der Waals surface area (Å²) in [6.45, 7) is 4.81. The normalized spacial score (nSPS) is 18.7. The SMILES string of the molecule is CNCC(C)C(=O)NCC1(c2ccc(Br)cc2)CCOCC1. The number of rotatable bonds is 6. The summed E-state index contributed by atoms with van der Waals surface area (Å²) in [4.78, 5) is 12.2. The maximum absolute atomic E-state index is 12.2. The number of hydrogen-bond donors (Lipinski definition) is 2. The van der Waals surface area contributed by atoms with Crippen molar-refractivity contribution in [1.29, 1.82) is 0 Å². The minimum absolute atomic E-state index is 0.0199. The third-order valence-electron chi connectivity index (χ3n) is 4.47. The standard InChI is InChI=1S/C17H25BrN2O2/c1-13(11-19-2)16(21)20-12-17(7-9-22-10-8-17)14-3-5-15(18)6-4-14/h3-6,13,19H,7-12H2,1-2H3,(H,20,21). The van der Waals surface area contributed by atoms with Gasteiger partial charge in [0.25, 0.3) is 0 Å². The van der Waals surface area contributed by atoms with Gasteiger partial charge in [0, 0.05) is 42.1 Å². The zero-order valence-corrected chi connectivity index (χ0v) is 14.9. The van der Waals surface area contributed by atoms with Crippen LogP contribution < -0.4 is 10.6 Å². The fourth-order valence-corrected chi connectivity index (χ4v) is 3.23. The van der Waals surface area contributed by atoms with Gasteiger partial charge in [-0.2, -0.15) is 0 Å². The van der Waals surface area contributed by atoms with E-state index in [1.54, 1.807) is 0 Å². The Kier molecular flexibility index (Phi) is 6.41. The third kappa shape index (κ3) is 4.31. The Bertz CT molecular complexity index is 484. The van der Waals surface area contributed by atoms with Crippen molar-refractivity contribution in [2.45, 2.75) is 25.2 Å². The van der Waals surface area contributed by atoms with E-state index in [-0.39, 0.29) is 17.2 Å². The Labute approximate surface area is 141 Å². The van der Waals surface area contributed by atoms with Crippen molar-refractivity contribution in [1.82, 2.24) is 10.6 Å². The first kappa shape index (κ1) is 17.4. The number of halogens is 1. The number of ether oxygens (including phenoxy) is 1. The van der Waals surface area contributed by atoms with Crippen LogP contribution >= 0.6 is 15.9 Å². The van der Waals surface area contributed by atoms with Gasteiger partial charge in [0.1, 0.15) is 0 Å². The number of benzene rings is 1. The molecule has 5 heteroatoms. The molecule has 1 amide bonds. The van der Waals surface area contributed by atoms with E-state index in [0.29, 0.717) is 13.1 Å². The lowest BCUT2D eigenvalue weighted by Gasteiger charge is -2.38. The first-order valence-corrected chi connectivity index (χ1v) is 8.63. The molecule has 0 bridgehead atoms. The van der Waals surface area contributed by atoms with Crippen molar-refractivity contribution < 1.29 is 9.53 Å². The molecule has 1 atom stereocenters. The second-order valence-corrected chi connectivity index (χ2v) is 6.99. The topological polar surface area (TPSA) is 50.4 Å². The van der Waals surface area contributed by atoms with Crippen LogP contribution in [0.2, 0.25) is 0 Å². The summed E-state index contributed by atoms with van der Waals surface area (Å²) in [5.74, 6) is 0.0872. The van der Waals surface area contributed by atoms with E-state index < -0.39 is 0 Å². The molecule has 122 valence electrons. The molecule has 1 aliphatic heterocycles. The summed E-state index contributed by atoms with van der Waals surface area (Å²) in [6, 6.07) is 8.44. The van der Waals surface area contributed by atoms with E-state index in [4.69, 9.17) is 4.74 Å². The highest BCUT2D eigenvalue weighted by molar-refractivity contribution is 9.10. The van der Waals surface area contributed by atoms with Crippen molar-refractivity contribution in [2.75, 3.05) is 33.4 Å². The molecule has 0 spiro atoms. The van der Waals surface area contributed by atoms with Crippen LogP contribution in [0.3, 0.4) is 0 Å². The van der Waals surface area contributed by atoms with E-state index >= 15 is 0 Å². The molecule has 1 heterocycles. The van der Waals surface area contributed by atoms with Crippen LogP contribution in [0.25, 0.3) is 0 Å². The van der Waals surface area contributed by atoms with Gasteiger partial charge in [-0.3, -0.25) is 4.79 Å². The van der Waals surface area contributed by atoms with Crippen molar-refractivity contribution in [2.24, 2.45) is 5.92 Å². The lowest BCUT2D eigenvalue weighted by molar-refractivity contribution is -0.124. The molecule has 0 radical (unpaired) electrons. The van der Waals surface area contributed by atoms with Gasteiger partial charge >= 0.3 is 0 Å². The number of carbonyl (C=O) groups excluding carboxylic acids is 1. The summed E-state index contributed by atoms with van der Waals surface area (Å²) in [6.07, 6.45) is 1.88. The van der Waals surface area contributed by atoms with Gasteiger partial charge in [0.05, 0.1) is 0 Å². The molecule has 0 aliphatic carbocycles. The Morgan fingerprint density at radius 1 is 1.32 bits per heavy atom. The van der Waals surface area contributed by atoms with E-state index in [0.717, 1.165) is 30.5 Å². The Morgan fingerprint density at radius 2 is 1.95 bits per heavy atom. The average molecular weight is 369 g/mol. The Morgan fingerprint density at radius 3 is 2.55 bits per heavy atom. The number of nitrogens with one attached hydrogen (secondary N) is 2. The molecule has 0 saturated carbocycles. The highest BCUT2D eigenvalue weighted by Crippen LogP contribution is 2.35. The largest absolute Gasteiger partial charge is 0.381 e. The summed E-state index contributed by atoms with van der Waals surface area (Å²) in [7, 11) is 1.87. The minimum Gasteiger partial charge on any atom is -0.381 e. The van der Waals surface area contributed by atoms with E-state index in [2.05, 4.69) is 50.8 Å². The maximum Gasteiger partial charge on any atom is 0.224 e. The van der Waals surface area contributed by atoms with Crippen LogP contribution in [0.5, 0.6) is 0 Å². The molecular formula is C17H25BrN2O2. The predicted molar refractivity (Wildman–Crippen MR) is 92.0 cm³/mol. The molecule has 1 aromatic rings. The molecule has 0 aromatic heterocycles. The molecule has 1 aromatic carbocycles. The zero-order chi connectivity index (χ0) is 16.0. The van der Waals surface area contributed by atoms with Crippen LogP contribution in [0.4, 0.5) is 0 Å². The summed E-state index contributed by atoms with van der Waals surface area (Å²) in [5.41, 5.74) is 1.26. The summed E-state index contributed by atoms with van der Waals surface area (Å²) in [5, 5.41) is 6.19. The van der Waals surface area contributed by atoms with E-state index in [1.807, 2.05) is 14.0 Å². The van der Waals surface area contributed by atoms with E-state index in [1.165, 1.54) is 5.56 Å². The number of hydrogen-bond acceptors (Lipinski definition) is 3. The predicted octanol–water partition coefficient (Wildman–Crippen LogP) is 2.47. The van der Waals surface area contributed by atoms with Crippen LogP contribution in [-0.4, -0.2) is 39.3 Å². The average Bonchev–Trinajstić information content (AvgIpc) is 2.54. The second-order valence-electron chi connectivity index (χ2n) is 6.08. The summed E-state index contributed by atoms with van der Waals surface area (Å²) < 4.78 is 6.61. The van der Waals surface area contributed by atoms with Crippen LogP contribution in [0, 0.1) is 5.92 Å². The number of carbonyl (C=O) groups is 1. The highest BCUT2D eigenvalue weighted by atomic mass is 79.9. The van der Waals surface area contributed by atoms with Crippen molar-refractivity contribution in [3.63, 3.8) is 0 Å². The molecule has 2 rings (SSSR count). The Balaban J connectivity index is 2.09. The zero-order valence-electron chi connectivity index (χ0n) is 13.3. The van der Waals surface area contributed by atoms with Crippen LogP contribution in [0.15, 0.2) is 28.7 Å². The molecule has 1 fully saturated rings. The minimum atomic E-state index is -0.0215. The number of amides is 1. The molecule has 22 heavy (non-hydrogen) atoms. The molecule has 1 unspecified atom stereocenters. The van der Waals surface area contributed by atoms with Crippen molar-refractivity contribution in [3.8, 4) is 0 Å². The molecule has 1 aliphatic rings. The fraction of sp³-hybridized carbons (Fsp3) is 0.588. The fourth-order valence-electron chi connectivity index (χ4n) is 2.96. The molecule has 2 N–H and O–H groups in total.